The molecule has 2 aromatic carbocycles. The second-order valence-corrected chi connectivity index (χ2v) is 5.15. The van der Waals surface area contributed by atoms with E-state index in [4.69, 9.17) is 15.2 Å². The maximum absolute atomic E-state index is 9.54. The van der Waals surface area contributed by atoms with Gasteiger partial charge in [-0.15, -0.1) is 0 Å². The molecule has 21 heavy (non-hydrogen) atoms. The average molecular weight is 282 g/mol. The van der Waals surface area contributed by atoms with Crippen LogP contribution >= 0.6 is 0 Å². The van der Waals surface area contributed by atoms with Crippen LogP contribution in [0, 0.1) is 6.92 Å². The molecule has 0 radical (unpaired) electrons. The lowest BCUT2D eigenvalue weighted by Crippen LogP contribution is -1.92. The molecular weight excluding hydrogens is 268 g/mol. The molecule has 3 aromatic rings. The van der Waals surface area contributed by atoms with Crippen LogP contribution in [0.4, 0.5) is 5.69 Å². The Kier molecular flexibility index (Phi) is 2.33. The van der Waals surface area contributed by atoms with E-state index in [0.717, 1.165) is 39.2 Å². The number of aromatic hydroxyl groups is 1. The highest BCUT2D eigenvalue weighted by molar-refractivity contribution is 5.93. The molecule has 0 fully saturated rings. The van der Waals surface area contributed by atoms with Gasteiger partial charge >= 0.3 is 0 Å². The van der Waals surface area contributed by atoms with E-state index in [1.165, 1.54) is 0 Å². The highest BCUT2D eigenvalue weighted by atomic mass is 16.7. The number of fused-ring (bicyclic) bond motifs is 2. The number of aryl methyl sites for hydroxylation is 1. The van der Waals surface area contributed by atoms with Crippen LogP contribution < -0.4 is 15.2 Å². The number of H-pyrrole nitrogens is 1. The summed E-state index contributed by atoms with van der Waals surface area (Å²) >= 11 is 0. The molecule has 0 saturated carbocycles. The number of aromatic nitrogens is 1. The maximum atomic E-state index is 9.54. The van der Waals surface area contributed by atoms with Gasteiger partial charge < -0.3 is 25.3 Å². The molecular formula is C16H14N2O3. The molecule has 0 atom stereocenters. The molecule has 0 spiro atoms. The van der Waals surface area contributed by atoms with Gasteiger partial charge in [-0.1, -0.05) is 0 Å². The number of benzene rings is 2. The summed E-state index contributed by atoms with van der Waals surface area (Å²) in [4.78, 5) is 3.38. The Morgan fingerprint density at radius 3 is 2.67 bits per heavy atom. The van der Waals surface area contributed by atoms with Crippen LogP contribution in [-0.2, 0) is 0 Å². The lowest BCUT2D eigenvalue weighted by Gasteiger charge is -2.04. The molecule has 4 N–H and O–H groups in total. The number of rotatable bonds is 1. The first-order valence-electron chi connectivity index (χ1n) is 6.64. The molecule has 0 amide bonds. The number of phenols is 1. The average Bonchev–Trinajstić information content (AvgIpc) is 3.04. The zero-order chi connectivity index (χ0) is 14.6. The molecule has 0 unspecified atom stereocenters. The van der Waals surface area contributed by atoms with Gasteiger partial charge in [-0.3, -0.25) is 0 Å². The molecule has 0 aliphatic carbocycles. The van der Waals surface area contributed by atoms with Crippen LogP contribution in [0.5, 0.6) is 17.2 Å². The summed E-state index contributed by atoms with van der Waals surface area (Å²) in [5, 5.41) is 10.6. The van der Waals surface area contributed by atoms with Gasteiger partial charge in [0.2, 0.25) is 6.79 Å². The third kappa shape index (κ3) is 1.71. The minimum atomic E-state index is 0.0910. The highest BCUT2D eigenvalue weighted by Gasteiger charge is 2.18. The number of nitrogens with one attached hydrogen (secondary N) is 1. The fraction of sp³-hybridized carbons (Fsp3) is 0.125. The number of nitrogen functional groups attached to an aromatic ring is 1. The van der Waals surface area contributed by atoms with Gasteiger partial charge in [-0.2, -0.15) is 0 Å². The third-order valence-electron chi connectivity index (χ3n) is 3.87. The normalized spacial score (nSPS) is 13.0. The summed E-state index contributed by atoms with van der Waals surface area (Å²) < 4.78 is 10.8. The van der Waals surface area contributed by atoms with E-state index in [2.05, 4.69) is 4.98 Å². The number of nitrogens with two attached hydrogens (primary N) is 1. The predicted octanol–water partition coefficient (Wildman–Crippen LogP) is 3.16. The molecule has 0 saturated heterocycles. The van der Waals surface area contributed by atoms with E-state index in [0.29, 0.717) is 5.69 Å². The molecule has 1 aromatic heterocycles. The minimum Gasteiger partial charge on any atom is -0.506 e. The highest BCUT2D eigenvalue weighted by Crippen LogP contribution is 2.40. The predicted molar refractivity (Wildman–Crippen MR) is 80.7 cm³/mol. The molecule has 1 aliphatic heterocycles. The summed E-state index contributed by atoms with van der Waals surface area (Å²) in [7, 11) is 0. The molecule has 5 heteroatoms. The van der Waals surface area contributed by atoms with Crippen LogP contribution in [0.25, 0.3) is 22.2 Å². The van der Waals surface area contributed by atoms with Crippen molar-refractivity contribution in [3.8, 4) is 28.5 Å². The smallest absolute Gasteiger partial charge is 0.231 e. The van der Waals surface area contributed by atoms with Gasteiger partial charge in [0.05, 0.1) is 11.2 Å². The topological polar surface area (TPSA) is 80.5 Å². The SMILES string of the molecule is Cc1c(-c2ccc(O)c(N)c2)[nH]c2cc3c(cc12)OCO3. The zero-order valence-corrected chi connectivity index (χ0v) is 11.4. The van der Waals surface area contributed by atoms with E-state index in [-0.39, 0.29) is 12.5 Å². The van der Waals surface area contributed by atoms with Crippen LogP contribution in [0.2, 0.25) is 0 Å². The van der Waals surface area contributed by atoms with Crippen molar-refractivity contribution < 1.29 is 14.6 Å². The van der Waals surface area contributed by atoms with Crippen molar-refractivity contribution in [1.82, 2.24) is 4.98 Å². The molecule has 4 rings (SSSR count). The summed E-state index contributed by atoms with van der Waals surface area (Å²) in [6, 6.07) is 9.12. The minimum absolute atomic E-state index is 0.0910. The molecule has 5 nitrogen and oxygen atoms in total. The number of aromatic amines is 1. The van der Waals surface area contributed by atoms with Crippen molar-refractivity contribution in [3.63, 3.8) is 0 Å². The fourth-order valence-corrected chi connectivity index (χ4v) is 2.72. The number of anilines is 1. The van der Waals surface area contributed by atoms with E-state index in [9.17, 15) is 5.11 Å². The van der Waals surface area contributed by atoms with Gasteiger partial charge in [0, 0.05) is 22.7 Å². The first kappa shape index (κ1) is 12.0. The number of ether oxygens (including phenoxy) is 2. The molecule has 1 aliphatic rings. The van der Waals surface area contributed by atoms with Gasteiger partial charge in [-0.05, 0) is 36.8 Å². The monoisotopic (exact) mass is 282 g/mol. The second kappa shape index (κ2) is 4.09. The third-order valence-corrected chi connectivity index (χ3v) is 3.87. The maximum Gasteiger partial charge on any atom is 0.231 e. The number of phenolic OH excluding ortho intramolecular Hbond substituents is 1. The largest absolute Gasteiger partial charge is 0.506 e. The van der Waals surface area contributed by atoms with Crippen molar-refractivity contribution in [2.45, 2.75) is 6.92 Å². The van der Waals surface area contributed by atoms with E-state index < -0.39 is 0 Å². The van der Waals surface area contributed by atoms with Gasteiger partial charge in [0.1, 0.15) is 5.75 Å². The quantitative estimate of drug-likeness (QED) is 0.473. The van der Waals surface area contributed by atoms with Crippen molar-refractivity contribution in [2.75, 3.05) is 12.5 Å². The van der Waals surface area contributed by atoms with E-state index >= 15 is 0 Å². The van der Waals surface area contributed by atoms with Crippen molar-refractivity contribution in [2.24, 2.45) is 0 Å². The molecule has 0 bridgehead atoms. The Balaban J connectivity index is 1.93. The second-order valence-electron chi connectivity index (χ2n) is 5.15. The Bertz CT molecular complexity index is 868. The Hall–Kier alpha value is -2.82. The summed E-state index contributed by atoms with van der Waals surface area (Å²) in [5.41, 5.74) is 10.1. The first-order valence-corrected chi connectivity index (χ1v) is 6.64. The van der Waals surface area contributed by atoms with Gasteiger partial charge in [0.15, 0.2) is 11.5 Å². The van der Waals surface area contributed by atoms with Gasteiger partial charge in [-0.25, -0.2) is 0 Å². The standard InChI is InChI=1S/C16H14N2O3/c1-8-10-5-14-15(21-7-20-14)6-12(10)18-16(8)9-2-3-13(19)11(17)4-9/h2-6,18-19H,7,17H2,1H3. The lowest BCUT2D eigenvalue weighted by atomic mass is 10.1. The Morgan fingerprint density at radius 2 is 1.90 bits per heavy atom. The van der Waals surface area contributed by atoms with Crippen LogP contribution in [0.1, 0.15) is 5.56 Å². The van der Waals surface area contributed by atoms with E-state index in [1.54, 1.807) is 12.1 Å². The molecule has 106 valence electrons. The van der Waals surface area contributed by atoms with Crippen LogP contribution in [-0.4, -0.2) is 16.9 Å². The van der Waals surface area contributed by atoms with E-state index in [1.807, 2.05) is 25.1 Å². The Labute approximate surface area is 120 Å². The Morgan fingerprint density at radius 1 is 1.14 bits per heavy atom. The molecule has 2 heterocycles. The lowest BCUT2D eigenvalue weighted by molar-refractivity contribution is 0.174. The van der Waals surface area contributed by atoms with Crippen molar-refractivity contribution in [3.05, 3.63) is 35.9 Å². The zero-order valence-electron chi connectivity index (χ0n) is 11.4. The van der Waals surface area contributed by atoms with Crippen LogP contribution in [0.3, 0.4) is 0 Å². The van der Waals surface area contributed by atoms with Crippen molar-refractivity contribution >= 4 is 16.6 Å². The number of hydrogen-bond acceptors (Lipinski definition) is 4. The first-order chi connectivity index (χ1) is 10.1. The van der Waals surface area contributed by atoms with Gasteiger partial charge in [0.25, 0.3) is 0 Å². The summed E-state index contributed by atoms with van der Waals surface area (Å²) in [6.45, 7) is 2.31. The van der Waals surface area contributed by atoms with Crippen molar-refractivity contribution in [1.29, 1.82) is 0 Å². The summed E-state index contributed by atoms with van der Waals surface area (Å²) in [5.74, 6) is 1.61. The summed E-state index contributed by atoms with van der Waals surface area (Å²) in [6.07, 6.45) is 0. The fourth-order valence-electron chi connectivity index (χ4n) is 2.72. The van der Waals surface area contributed by atoms with Crippen LogP contribution in [0.15, 0.2) is 30.3 Å². The number of hydrogen-bond donors (Lipinski definition) is 3.